The number of oxime groups is 1. The molecule has 2 aliphatic rings. The highest BCUT2D eigenvalue weighted by molar-refractivity contribution is 7.14. The van der Waals surface area contributed by atoms with Gasteiger partial charge in [-0.2, -0.15) is 13.2 Å². The van der Waals surface area contributed by atoms with E-state index < -0.39 is 47.5 Å². The lowest BCUT2D eigenvalue weighted by Crippen LogP contribution is -2.50. The quantitative estimate of drug-likeness (QED) is 0.449. The van der Waals surface area contributed by atoms with E-state index in [4.69, 9.17) is 4.84 Å². The van der Waals surface area contributed by atoms with Gasteiger partial charge in [0.15, 0.2) is 11.2 Å². The van der Waals surface area contributed by atoms with Gasteiger partial charge in [0.2, 0.25) is 5.91 Å². The molecule has 4 heterocycles. The van der Waals surface area contributed by atoms with Gasteiger partial charge in [0, 0.05) is 50.2 Å². The predicted octanol–water partition coefficient (Wildman–Crippen LogP) is 3.82. The van der Waals surface area contributed by atoms with Gasteiger partial charge in [-0.15, -0.1) is 11.3 Å². The van der Waals surface area contributed by atoms with Crippen molar-refractivity contribution in [2.45, 2.75) is 25.2 Å². The summed E-state index contributed by atoms with van der Waals surface area (Å²) in [6, 6.07) is 5.07. The van der Waals surface area contributed by atoms with Crippen molar-refractivity contribution in [3.8, 4) is 0 Å². The fourth-order valence-corrected chi connectivity index (χ4v) is 5.15. The number of hydrogen-bond acceptors (Lipinski definition) is 7. The van der Waals surface area contributed by atoms with Crippen molar-refractivity contribution < 1.29 is 31.6 Å². The van der Waals surface area contributed by atoms with Crippen LogP contribution >= 0.6 is 11.3 Å². The molecule has 0 aliphatic carbocycles. The Hall–Kier alpha value is -3.81. The summed E-state index contributed by atoms with van der Waals surface area (Å²) in [5.41, 5.74) is -0.905. The topological polar surface area (TPSA) is 80.0 Å². The molecule has 2 aromatic heterocycles. The van der Waals surface area contributed by atoms with Gasteiger partial charge in [-0.3, -0.25) is 9.59 Å². The first-order chi connectivity index (χ1) is 18.1. The number of amides is 1. The van der Waals surface area contributed by atoms with Crippen LogP contribution in [-0.4, -0.2) is 52.2 Å². The average molecular weight is 554 g/mol. The number of hydrogen-bond donors (Lipinski definition) is 0. The molecule has 200 valence electrons. The minimum absolute atomic E-state index is 0.151. The Morgan fingerprint density at radius 2 is 1.79 bits per heavy atom. The highest BCUT2D eigenvalue weighted by Crippen LogP contribution is 2.34. The third-order valence-electron chi connectivity index (χ3n) is 6.30. The van der Waals surface area contributed by atoms with Crippen LogP contribution in [0.3, 0.4) is 0 Å². The Morgan fingerprint density at radius 3 is 2.47 bits per heavy atom. The monoisotopic (exact) mass is 553 g/mol. The highest BCUT2D eigenvalue weighted by Gasteiger charge is 2.32. The van der Waals surface area contributed by atoms with Gasteiger partial charge < -0.3 is 19.2 Å². The summed E-state index contributed by atoms with van der Waals surface area (Å²) in [4.78, 5) is 37.9. The van der Waals surface area contributed by atoms with Crippen LogP contribution in [0.25, 0.3) is 0 Å². The Labute approximate surface area is 216 Å². The maximum Gasteiger partial charge on any atom is 0.417 e. The normalized spacial score (nSPS) is 17.9. The third-order valence-corrected chi connectivity index (χ3v) is 7.20. The molecule has 2 aliphatic heterocycles. The van der Waals surface area contributed by atoms with E-state index in [0.717, 1.165) is 22.8 Å². The molecular formula is C24H20F5N5O3S. The van der Waals surface area contributed by atoms with Crippen LogP contribution in [-0.2, 0) is 22.4 Å². The summed E-state index contributed by atoms with van der Waals surface area (Å²) in [6.45, 7) is 0.929. The molecule has 1 saturated heterocycles. The molecule has 1 unspecified atom stereocenters. The summed E-state index contributed by atoms with van der Waals surface area (Å²) in [5, 5.41) is 6.38. The van der Waals surface area contributed by atoms with Crippen molar-refractivity contribution in [3.63, 3.8) is 0 Å². The van der Waals surface area contributed by atoms with Gasteiger partial charge in [-0.05, 0) is 18.2 Å². The van der Waals surface area contributed by atoms with Crippen LogP contribution in [0.2, 0.25) is 0 Å². The molecule has 38 heavy (non-hydrogen) atoms. The molecule has 0 radical (unpaired) electrons. The van der Waals surface area contributed by atoms with Gasteiger partial charge in [-0.25, -0.2) is 13.8 Å². The lowest BCUT2D eigenvalue weighted by atomic mass is 10.0. The number of benzene rings is 1. The SMILES string of the molecule is O=C(Cn1cc(C(F)(F)F)ccc1=O)N1CCN(c2nc(C3=NOC(c4c(F)cccc4F)C3)cs2)CC1. The van der Waals surface area contributed by atoms with Crippen LogP contribution in [0.4, 0.5) is 27.1 Å². The van der Waals surface area contributed by atoms with Crippen LogP contribution < -0.4 is 10.5 Å². The molecule has 0 bridgehead atoms. The van der Waals surface area contributed by atoms with E-state index in [1.165, 1.54) is 22.3 Å². The molecule has 1 aromatic carbocycles. The molecule has 0 N–H and O–H groups in total. The summed E-state index contributed by atoms with van der Waals surface area (Å²) >= 11 is 1.34. The minimum Gasteiger partial charge on any atom is -0.387 e. The summed E-state index contributed by atoms with van der Waals surface area (Å²) < 4.78 is 67.8. The predicted molar refractivity (Wildman–Crippen MR) is 128 cm³/mol. The first-order valence-electron chi connectivity index (χ1n) is 11.5. The summed E-state index contributed by atoms with van der Waals surface area (Å²) in [7, 11) is 0. The second kappa shape index (κ2) is 10.2. The number of piperazine rings is 1. The number of carbonyl (C=O) groups excluding carboxylic acids is 1. The van der Waals surface area contributed by atoms with Gasteiger partial charge >= 0.3 is 6.18 Å². The van der Waals surface area contributed by atoms with Crippen molar-refractivity contribution in [3.05, 3.63) is 80.7 Å². The number of pyridine rings is 1. The molecule has 14 heteroatoms. The van der Waals surface area contributed by atoms with Crippen molar-refractivity contribution in [2.75, 3.05) is 31.1 Å². The van der Waals surface area contributed by atoms with E-state index in [1.807, 2.05) is 4.90 Å². The molecule has 1 fully saturated rings. The van der Waals surface area contributed by atoms with Gasteiger partial charge in [-0.1, -0.05) is 11.2 Å². The molecule has 0 saturated carbocycles. The van der Waals surface area contributed by atoms with E-state index in [-0.39, 0.29) is 12.0 Å². The zero-order valence-corrected chi connectivity index (χ0v) is 20.4. The summed E-state index contributed by atoms with van der Waals surface area (Å²) in [5.74, 6) is -1.89. The molecule has 8 nitrogen and oxygen atoms in total. The highest BCUT2D eigenvalue weighted by atomic mass is 32.1. The standard InChI is InChI=1S/C24H20F5N5O3S/c25-15-2-1-3-16(26)22(15)19-10-17(31-37-19)18-13-38-23(30-18)33-8-6-32(7-9-33)21(36)12-34-11-14(24(27,28)29)4-5-20(34)35/h1-5,11,13,19H,6-10,12H2. The van der Waals surface area contributed by atoms with Crippen molar-refractivity contribution in [1.29, 1.82) is 0 Å². The minimum atomic E-state index is -4.62. The molecule has 0 spiro atoms. The largest absolute Gasteiger partial charge is 0.417 e. The average Bonchev–Trinajstić information content (AvgIpc) is 3.55. The van der Waals surface area contributed by atoms with E-state index >= 15 is 0 Å². The lowest BCUT2D eigenvalue weighted by Gasteiger charge is -2.34. The fourth-order valence-electron chi connectivity index (χ4n) is 4.26. The number of halogens is 5. The number of anilines is 1. The number of carbonyl (C=O) groups is 1. The van der Waals surface area contributed by atoms with Crippen molar-refractivity contribution in [1.82, 2.24) is 14.5 Å². The maximum absolute atomic E-state index is 14.1. The van der Waals surface area contributed by atoms with Gasteiger partial charge in [0.05, 0.1) is 11.1 Å². The van der Waals surface area contributed by atoms with Gasteiger partial charge in [0.25, 0.3) is 5.56 Å². The number of nitrogens with zero attached hydrogens (tertiary/aromatic N) is 5. The van der Waals surface area contributed by atoms with Crippen molar-refractivity contribution in [2.24, 2.45) is 5.16 Å². The number of aromatic nitrogens is 2. The summed E-state index contributed by atoms with van der Waals surface area (Å²) in [6.07, 6.45) is -4.72. The zero-order chi connectivity index (χ0) is 27.0. The number of alkyl halides is 3. The van der Waals surface area contributed by atoms with E-state index in [2.05, 4.69) is 10.1 Å². The fraction of sp³-hybridized carbons (Fsp3) is 0.333. The Bertz CT molecular complexity index is 1430. The number of rotatable bonds is 5. The van der Waals surface area contributed by atoms with Gasteiger partial charge in [0.1, 0.15) is 29.6 Å². The molecule has 3 aromatic rings. The molecule has 5 rings (SSSR count). The van der Waals surface area contributed by atoms with E-state index in [0.29, 0.717) is 55.0 Å². The molecular weight excluding hydrogens is 533 g/mol. The van der Waals surface area contributed by atoms with E-state index in [1.54, 1.807) is 5.38 Å². The van der Waals surface area contributed by atoms with Crippen molar-refractivity contribution >= 4 is 28.1 Å². The first kappa shape index (κ1) is 25.8. The molecule has 1 amide bonds. The zero-order valence-electron chi connectivity index (χ0n) is 19.6. The maximum atomic E-state index is 14.1. The molecule has 1 atom stereocenters. The van der Waals surface area contributed by atoms with Crippen LogP contribution in [0.15, 0.2) is 51.9 Å². The Morgan fingerprint density at radius 1 is 1.08 bits per heavy atom. The van der Waals surface area contributed by atoms with Crippen LogP contribution in [0.5, 0.6) is 0 Å². The van der Waals surface area contributed by atoms with E-state index in [9.17, 15) is 31.5 Å². The second-order valence-corrected chi connectivity index (χ2v) is 9.57. The second-order valence-electron chi connectivity index (χ2n) is 8.74. The Balaban J connectivity index is 1.18. The van der Waals surface area contributed by atoms with Crippen LogP contribution in [0, 0.1) is 11.6 Å². The lowest BCUT2D eigenvalue weighted by molar-refractivity contribution is -0.138. The number of thiazole rings is 1. The van der Waals surface area contributed by atoms with Crippen LogP contribution in [0.1, 0.15) is 29.3 Å². The first-order valence-corrected chi connectivity index (χ1v) is 12.4. The smallest absolute Gasteiger partial charge is 0.387 e. The Kier molecular flexibility index (Phi) is 6.90. The third kappa shape index (κ3) is 5.26.